The monoisotopic (exact) mass is 464 g/mol. The number of hydrogen-bond acceptors (Lipinski definition) is 4. The van der Waals surface area contributed by atoms with E-state index in [0.717, 1.165) is 54.7 Å². The fraction of sp³-hybridized carbons (Fsp3) is 0.435. The van der Waals surface area contributed by atoms with Crippen molar-refractivity contribution in [3.05, 3.63) is 59.9 Å². The molecule has 1 fully saturated rings. The van der Waals surface area contributed by atoms with Crippen molar-refractivity contribution in [3.8, 4) is 0 Å². The molecular weight excluding hydrogens is 435 g/mol. The molecule has 168 valence electrons. The minimum Gasteiger partial charge on any atom is -0.348 e. The number of hydrogen-bond donors (Lipinski definition) is 1. The molecule has 1 N–H and O–H groups in total. The quantitative estimate of drug-likeness (QED) is 0.573. The number of nitrogens with zero attached hydrogens (tertiary/aromatic N) is 1. The molecule has 0 saturated heterocycles. The van der Waals surface area contributed by atoms with Gasteiger partial charge in [-0.15, -0.1) is 11.8 Å². The van der Waals surface area contributed by atoms with Gasteiger partial charge in [0.05, 0.1) is 17.5 Å². The summed E-state index contributed by atoms with van der Waals surface area (Å²) in [5.74, 6) is -0.847. The Hall–Kier alpha value is -1.90. The van der Waals surface area contributed by atoms with Crippen LogP contribution in [0, 0.1) is 5.82 Å². The van der Waals surface area contributed by atoms with Gasteiger partial charge < -0.3 is 5.32 Å². The molecule has 31 heavy (non-hydrogen) atoms. The smallest absolute Gasteiger partial charge is 0.243 e. The van der Waals surface area contributed by atoms with Gasteiger partial charge >= 0.3 is 0 Å². The zero-order valence-electron chi connectivity index (χ0n) is 17.9. The summed E-state index contributed by atoms with van der Waals surface area (Å²) in [7, 11) is -3.92. The van der Waals surface area contributed by atoms with Crippen LogP contribution in [-0.2, 0) is 14.8 Å². The van der Waals surface area contributed by atoms with E-state index in [9.17, 15) is 17.6 Å². The Morgan fingerprint density at radius 1 is 1.10 bits per heavy atom. The Kier molecular flexibility index (Phi) is 8.13. The second-order valence-electron chi connectivity index (χ2n) is 7.86. The van der Waals surface area contributed by atoms with Crippen LogP contribution in [0.1, 0.15) is 50.6 Å². The Labute approximate surface area is 188 Å². The van der Waals surface area contributed by atoms with Crippen molar-refractivity contribution in [1.29, 1.82) is 0 Å². The third-order valence-electron chi connectivity index (χ3n) is 5.69. The molecule has 0 radical (unpaired) electrons. The zero-order valence-corrected chi connectivity index (χ0v) is 19.5. The van der Waals surface area contributed by atoms with Crippen LogP contribution in [-0.4, -0.2) is 37.5 Å². The van der Waals surface area contributed by atoms with Crippen molar-refractivity contribution in [2.45, 2.75) is 60.9 Å². The molecule has 8 heteroatoms. The first kappa shape index (κ1) is 23.8. The van der Waals surface area contributed by atoms with Gasteiger partial charge in [-0.3, -0.25) is 4.79 Å². The molecule has 0 aromatic heterocycles. The van der Waals surface area contributed by atoms with E-state index in [1.807, 2.05) is 37.4 Å². The molecule has 0 aliphatic heterocycles. The van der Waals surface area contributed by atoms with Crippen molar-refractivity contribution in [1.82, 2.24) is 9.62 Å². The van der Waals surface area contributed by atoms with Gasteiger partial charge in [-0.2, -0.15) is 4.31 Å². The summed E-state index contributed by atoms with van der Waals surface area (Å²) in [6.45, 7) is 1.63. The van der Waals surface area contributed by atoms with Gasteiger partial charge in [-0.1, -0.05) is 31.4 Å². The van der Waals surface area contributed by atoms with Crippen LogP contribution in [0.5, 0.6) is 0 Å². The molecule has 2 aromatic carbocycles. The lowest BCUT2D eigenvalue weighted by Crippen LogP contribution is -2.47. The second kappa shape index (κ2) is 10.6. The van der Waals surface area contributed by atoms with Gasteiger partial charge in [0, 0.05) is 10.9 Å². The minimum absolute atomic E-state index is 0.00739. The number of thioether (sulfide) groups is 1. The van der Waals surface area contributed by atoms with Crippen LogP contribution in [0.3, 0.4) is 0 Å². The lowest BCUT2D eigenvalue weighted by atomic mass is 9.95. The summed E-state index contributed by atoms with van der Waals surface area (Å²) in [5, 5.41) is 2.92. The number of rotatable bonds is 8. The van der Waals surface area contributed by atoms with Gasteiger partial charge in [0.25, 0.3) is 0 Å². The molecule has 3 rings (SSSR count). The topological polar surface area (TPSA) is 66.5 Å². The van der Waals surface area contributed by atoms with E-state index >= 15 is 0 Å². The predicted molar refractivity (Wildman–Crippen MR) is 122 cm³/mol. The van der Waals surface area contributed by atoms with E-state index < -0.39 is 15.8 Å². The van der Waals surface area contributed by atoms with Gasteiger partial charge in [-0.05, 0) is 68.0 Å². The van der Waals surface area contributed by atoms with Crippen LogP contribution in [0.4, 0.5) is 4.39 Å². The second-order valence-corrected chi connectivity index (χ2v) is 10.6. The van der Waals surface area contributed by atoms with Gasteiger partial charge in [-0.25, -0.2) is 12.8 Å². The first-order valence-corrected chi connectivity index (χ1v) is 13.2. The van der Waals surface area contributed by atoms with Gasteiger partial charge in [0.1, 0.15) is 5.82 Å². The lowest BCUT2D eigenvalue weighted by Gasteiger charge is -2.33. The first-order valence-electron chi connectivity index (χ1n) is 10.5. The lowest BCUT2D eigenvalue weighted by molar-refractivity contribution is -0.122. The number of sulfonamides is 1. The predicted octanol–water partition coefficient (Wildman–Crippen LogP) is 4.75. The molecule has 1 atom stereocenters. The molecule has 5 nitrogen and oxygen atoms in total. The highest BCUT2D eigenvalue weighted by atomic mass is 32.2. The summed E-state index contributed by atoms with van der Waals surface area (Å²) in [6, 6.07) is 12.2. The average molecular weight is 465 g/mol. The summed E-state index contributed by atoms with van der Waals surface area (Å²) in [6.07, 6.45) is 6.37. The fourth-order valence-corrected chi connectivity index (χ4v) is 5.98. The molecule has 2 aromatic rings. The number of benzene rings is 2. The van der Waals surface area contributed by atoms with E-state index in [0.29, 0.717) is 0 Å². The number of halogens is 1. The van der Waals surface area contributed by atoms with Crippen molar-refractivity contribution >= 4 is 27.7 Å². The third-order valence-corrected chi connectivity index (χ3v) is 8.35. The van der Waals surface area contributed by atoms with Crippen molar-refractivity contribution in [2.75, 3.05) is 12.8 Å². The average Bonchev–Trinajstić information content (AvgIpc) is 2.78. The van der Waals surface area contributed by atoms with E-state index in [1.54, 1.807) is 11.8 Å². The van der Waals surface area contributed by atoms with Crippen LogP contribution < -0.4 is 5.32 Å². The molecule has 1 aliphatic rings. The van der Waals surface area contributed by atoms with E-state index in [-0.39, 0.29) is 29.4 Å². The van der Waals surface area contributed by atoms with Crippen LogP contribution >= 0.6 is 11.8 Å². The van der Waals surface area contributed by atoms with Crippen LogP contribution in [0.2, 0.25) is 0 Å². The van der Waals surface area contributed by atoms with Crippen molar-refractivity contribution in [2.24, 2.45) is 0 Å². The zero-order chi connectivity index (χ0) is 22.4. The Bertz CT molecular complexity index is 973. The Morgan fingerprint density at radius 2 is 1.71 bits per heavy atom. The summed E-state index contributed by atoms with van der Waals surface area (Å²) >= 11 is 1.64. The fourth-order valence-electron chi connectivity index (χ4n) is 3.93. The molecule has 0 heterocycles. The minimum atomic E-state index is -3.92. The highest BCUT2D eigenvalue weighted by Gasteiger charge is 2.34. The molecule has 1 saturated carbocycles. The Morgan fingerprint density at radius 3 is 2.29 bits per heavy atom. The summed E-state index contributed by atoms with van der Waals surface area (Å²) in [5.41, 5.74) is 0.955. The van der Waals surface area contributed by atoms with Crippen molar-refractivity contribution in [3.63, 3.8) is 0 Å². The number of carbonyl (C=O) groups excluding carboxylic acids is 1. The van der Waals surface area contributed by atoms with Crippen molar-refractivity contribution < 1.29 is 17.6 Å². The van der Waals surface area contributed by atoms with Crippen LogP contribution in [0.25, 0.3) is 0 Å². The van der Waals surface area contributed by atoms with E-state index in [2.05, 4.69) is 5.32 Å². The largest absolute Gasteiger partial charge is 0.348 e. The van der Waals surface area contributed by atoms with E-state index in [4.69, 9.17) is 0 Å². The number of carbonyl (C=O) groups is 1. The highest BCUT2D eigenvalue weighted by molar-refractivity contribution is 7.98. The van der Waals surface area contributed by atoms with Gasteiger partial charge in [0.2, 0.25) is 15.9 Å². The maximum atomic E-state index is 13.3. The normalized spacial score (nSPS) is 16.3. The Balaban J connectivity index is 1.77. The maximum Gasteiger partial charge on any atom is 0.243 e. The maximum absolute atomic E-state index is 13.3. The van der Waals surface area contributed by atoms with E-state index in [1.165, 1.54) is 16.4 Å². The molecule has 1 amide bonds. The number of nitrogens with one attached hydrogen (secondary N) is 1. The molecule has 1 aliphatic carbocycles. The summed E-state index contributed by atoms with van der Waals surface area (Å²) in [4.78, 5) is 14.0. The van der Waals surface area contributed by atoms with Crippen LogP contribution in [0.15, 0.2) is 58.3 Å². The number of amides is 1. The third kappa shape index (κ3) is 6.08. The SMILES string of the molecule is CSc1ccc([C@H](C)NC(=O)CN(C2CCCCC2)S(=O)(=O)c2ccc(F)cc2)cc1. The molecule has 0 spiro atoms. The first-order chi connectivity index (χ1) is 14.8. The highest BCUT2D eigenvalue weighted by Crippen LogP contribution is 2.28. The molecule has 0 bridgehead atoms. The van der Waals surface area contributed by atoms with Gasteiger partial charge in [0.15, 0.2) is 0 Å². The standard InChI is InChI=1S/C23H29FN2O3S2/c1-17(18-8-12-21(30-2)13-9-18)25-23(27)16-26(20-6-4-3-5-7-20)31(28,29)22-14-10-19(24)11-15-22/h8-15,17,20H,3-7,16H2,1-2H3,(H,25,27)/t17-/m0/s1. The summed E-state index contributed by atoms with van der Waals surface area (Å²) < 4.78 is 41.3. The molecular formula is C23H29FN2O3S2. The molecule has 0 unspecified atom stereocenters.